The van der Waals surface area contributed by atoms with E-state index in [1.165, 1.54) is 11.1 Å². The van der Waals surface area contributed by atoms with E-state index >= 15 is 0 Å². The van der Waals surface area contributed by atoms with Gasteiger partial charge in [-0.2, -0.15) is 4.65 Å². The van der Waals surface area contributed by atoms with Gasteiger partial charge in [0.15, 0.2) is 0 Å². The van der Waals surface area contributed by atoms with Crippen LogP contribution in [0, 0.1) is 0 Å². The van der Waals surface area contributed by atoms with Crippen molar-refractivity contribution in [3.63, 3.8) is 0 Å². The number of fused-ring (bicyclic) bond motifs is 1. The largest absolute Gasteiger partial charge is 0.217 e. The highest BCUT2D eigenvalue weighted by molar-refractivity contribution is 6.31. The minimum Gasteiger partial charge on any atom is -0.217 e. The van der Waals surface area contributed by atoms with E-state index < -0.39 is 0 Å². The van der Waals surface area contributed by atoms with Gasteiger partial charge in [0.25, 0.3) is 0 Å². The fourth-order valence-electron chi connectivity index (χ4n) is 1.94. The number of hydrogen-bond donors (Lipinski definition) is 1. The summed E-state index contributed by atoms with van der Waals surface area (Å²) in [5, 5.41) is 10.7. The van der Waals surface area contributed by atoms with Gasteiger partial charge in [0.2, 0.25) is 0 Å². The number of likely N-dealkylation sites (N-methyl/N-ethyl adjacent to an activating group) is 1. The molecule has 76 valence electrons. The van der Waals surface area contributed by atoms with Crippen molar-refractivity contribution in [2.75, 3.05) is 20.1 Å². The summed E-state index contributed by atoms with van der Waals surface area (Å²) in [7, 11) is 1.85. The van der Waals surface area contributed by atoms with Crippen LogP contribution in [0.5, 0.6) is 0 Å². The van der Waals surface area contributed by atoms with Crippen molar-refractivity contribution in [3.8, 4) is 0 Å². The first kappa shape index (κ1) is 9.97. The van der Waals surface area contributed by atoms with Gasteiger partial charge in [-0.1, -0.05) is 23.7 Å². The van der Waals surface area contributed by atoms with Crippen molar-refractivity contribution >= 4 is 11.6 Å². The van der Waals surface area contributed by atoms with Gasteiger partial charge in [-0.05, 0) is 17.2 Å². The van der Waals surface area contributed by atoms with Crippen molar-refractivity contribution in [3.05, 3.63) is 34.3 Å². The quantitative estimate of drug-likeness (QED) is 0.655. The summed E-state index contributed by atoms with van der Waals surface area (Å²) >= 11 is 6.12. The highest BCUT2D eigenvalue weighted by atomic mass is 35.5. The highest BCUT2D eigenvalue weighted by Crippen LogP contribution is 2.24. The van der Waals surface area contributed by atoms with E-state index in [9.17, 15) is 5.21 Å². The summed E-state index contributed by atoms with van der Waals surface area (Å²) in [5.74, 6) is 0. The maximum atomic E-state index is 9.91. The second-order valence-corrected chi connectivity index (χ2v) is 4.57. The second kappa shape index (κ2) is 3.54. The van der Waals surface area contributed by atoms with Crippen LogP contribution >= 0.6 is 11.6 Å². The molecule has 1 aliphatic rings. The van der Waals surface area contributed by atoms with E-state index in [1.807, 2.05) is 19.2 Å². The van der Waals surface area contributed by atoms with Crippen molar-refractivity contribution < 1.29 is 9.85 Å². The second-order valence-electron chi connectivity index (χ2n) is 4.16. The molecule has 0 aromatic heterocycles. The average Bonchev–Trinajstić information content (AvgIpc) is 2.27. The predicted octanol–water partition coefficient (Wildman–Crippen LogP) is 2.27. The van der Waals surface area contributed by atoms with E-state index in [1.54, 1.807) is 0 Å². The lowest BCUT2D eigenvalue weighted by Crippen LogP contribution is -2.42. The zero-order valence-electron chi connectivity index (χ0n) is 8.33. The van der Waals surface area contributed by atoms with Gasteiger partial charge in [-0.15, -0.1) is 0 Å². The maximum Gasteiger partial charge on any atom is 0.113 e. The summed E-state index contributed by atoms with van der Waals surface area (Å²) < 4.78 is 0.102. The molecular weight excluding hydrogens is 198 g/mol. The molecule has 0 saturated heterocycles. The van der Waals surface area contributed by atoms with Crippen LogP contribution in [0.2, 0.25) is 5.02 Å². The Bertz CT molecular complexity index is 349. The van der Waals surface area contributed by atoms with Crippen molar-refractivity contribution in [1.82, 2.24) is 0 Å². The lowest BCUT2D eigenvalue weighted by atomic mass is 10.0. The molecule has 1 atom stereocenters. The van der Waals surface area contributed by atoms with Gasteiger partial charge in [0.05, 0.1) is 7.05 Å². The van der Waals surface area contributed by atoms with Gasteiger partial charge in [0.1, 0.15) is 13.1 Å². The van der Waals surface area contributed by atoms with E-state index in [-0.39, 0.29) is 4.65 Å². The summed E-state index contributed by atoms with van der Waals surface area (Å²) in [4.78, 5) is 0. The molecule has 1 aromatic carbocycles. The SMILES string of the molecule is C[N+]1(O)CCc2cccc(Cl)c2CC1. The predicted molar refractivity (Wildman–Crippen MR) is 56.6 cm³/mol. The number of quaternary nitrogens is 1. The Morgan fingerprint density at radius 2 is 2.00 bits per heavy atom. The topological polar surface area (TPSA) is 20.2 Å². The van der Waals surface area contributed by atoms with E-state index in [2.05, 4.69) is 6.07 Å². The van der Waals surface area contributed by atoms with E-state index in [4.69, 9.17) is 11.6 Å². The van der Waals surface area contributed by atoms with Gasteiger partial charge in [-0.25, -0.2) is 5.21 Å². The van der Waals surface area contributed by atoms with E-state index in [0.29, 0.717) is 0 Å². The van der Waals surface area contributed by atoms with Crippen LogP contribution in [0.3, 0.4) is 0 Å². The normalized spacial score (nSPS) is 26.8. The molecule has 0 bridgehead atoms. The number of benzene rings is 1. The van der Waals surface area contributed by atoms with Crippen molar-refractivity contribution in [1.29, 1.82) is 0 Å². The first-order valence-corrected chi connectivity index (χ1v) is 5.30. The van der Waals surface area contributed by atoms with Crippen molar-refractivity contribution in [2.45, 2.75) is 12.8 Å². The lowest BCUT2D eigenvalue weighted by molar-refractivity contribution is -1.09. The number of hydroxylamine groups is 3. The molecule has 1 aliphatic heterocycles. The molecule has 3 heteroatoms. The third-order valence-corrected chi connectivity index (χ3v) is 3.28. The molecule has 0 spiro atoms. The van der Waals surface area contributed by atoms with Gasteiger partial charge in [-0.3, -0.25) is 0 Å². The number of nitrogens with zero attached hydrogens (tertiary/aromatic N) is 1. The molecule has 0 fully saturated rings. The highest BCUT2D eigenvalue weighted by Gasteiger charge is 2.24. The monoisotopic (exact) mass is 212 g/mol. The third kappa shape index (κ3) is 1.92. The number of rotatable bonds is 0. The minimum absolute atomic E-state index is 0.102. The summed E-state index contributed by atoms with van der Waals surface area (Å²) in [5.41, 5.74) is 2.50. The molecule has 0 saturated carbocycles. The Balaban J connectivity index is 2.34. The van der Waals surface area contributed by atoms with E-state index in [0.717, 1.165) is 31.0 Å². The minimum atomic E-state index is 0.102. The van der Waals surface area contributed by atoms with Gasteiger partial charge in [0, 0.05) is 17.9 Å². The lowest BCUT2D eigenvalue weighted by Gasteiger charge is -2.22. The van der Waals surface area contributed by atoms with Crippen molar-refractivity contribution in [2.24, 2.45) is 0 Å². The van der Waals surface area contributed by atoms with Crippen LogP contribution in [0.15, 0.2) is 18.2 Å². The Morgan fingerprint density at radius 1 is 1.29 bits per heavy atom. The average molecular weight is 213 g/mol. The third-order valence-electron chi connectivity index (χ3n) is 2.92. The zero-order chi connectivity index (χ0) is 10.2. The molecule has 14 heavy (non-hydrogen) atoms. The molecule has 1 heterocycles. The molecule has 1 unspecified atom stereocenters. The van der Waals surface area contributed by atoms with Crippen LogP contribution < -0.4 is 0 Å². The first-order valence-electron chi connectivity index (χ1n) is 4.92. The fourth-order valence-corrected chi connectivity index (χ4v) is 2.23. The summed E-state index contributed by atoms with van der Waals surface area (Å²) in [6, 6.07) is 6.01. The molecular formula is C11H15ClNO+. The Hall–Kier alpha value is -0.570. The summed E-state index contributed by atoms with van der Waals surface area (Å²) in [6.45, 7) is 1.52. The van der Waals surface area contributed by atoms with Gasteiger partial charge < -0.3 is 0 Å². The Labute approximate surface area is 89.3 Å². The zero-order valence-corrected chi connectivity index (χ0v) is 9.09. The van der Waals surface area contributed by atoms with Crippen LogP contribution in [-0.4, -0.2) is 30.0 Å². The van der Waals surface area contributed by atoms with Crippen LogP contribution in [-0.2, 0) is 12.8 Å². The number of hydrogen-bond acceptors (Lipinski definition) is 1. The fraction of sp³-hybridized carbons (Fsp3) is 0.455. The Kier molecular flexibility index (Phi) is 2.52. The van der Waals surface area contributed by atoms with Crippen LogP contribution in [0.1, 0.15) is 11.1 Å². The molecule has 0 radical (unpaired) electrons. The molecule has 0 aliphatic carbocycles. The molecule has 2 nitrogen and oxygen atoms in total. The molecule has 1 aromatic rings. The maximum absolute atomic E-state index is 9.91. The molecule has 0 amide bonds. The van der Waals surface area contributed by atoms with Crippen LogP contribution in [0.4, 0.5) is 0 Å². The smallest absolute Gasteiger partial charge is 0.113 e. The Morgan fingerprint density at radius 3 is 2.79 bits per heavy atom. The summed E-state index contributed by atoms with van der Waals surface area (Å²) in [6.07, 6.45) is 1.77. The molecule has 2 rings (SSSR count). The first-order chi connectivity index (χ1) is 6.58. The standard InChI is InChI=1S/C11H15ClNO/c1-13(14)7-5-9-3-2-4-11(12)10(9)6-8-13/h2-4,14H,5-8H2,1H3/q+1. The van der Waals surface area contributed by atoms with Crippen LogP contribution in [0.25, 0.3) is 0 Å². The van der Waals surface area contributed by atoms with Gasteiger partial charge >= 0.3 is 0 Å². The number of halogens is 1. The molecule has 1 N–H and O–H groups in total.